The van der Waals surface area contributed by atoms with Gasteiger partial charge >= 0.3 is 0 Å². The van der Waals surface area contributed by atoms with Crippen molar-refractivity contribution in [3.8, 4) is 0 Å². The fraction of sp³-hybridized carbons (Fsp3) is 0.562. The molecule has 1 saturated heterocycles. The zero-order valence-electron chi connectivity index (χ0n) is 12.4. The summed E-state index contributed by atoms with van der Waals surface area (Å²) in [6, 6.07) is 7.63. The van der Waals surface area contributed by atoms with Gasteiger partial charge < -0.3 is 10.6 Å². The van der Waals surface area contributed by atoms with Crippen molar-refractivity contribution in [2.45, 2.75) is 33.2 Å². The zero-order valence-corrected chi connectivity index (χ0v) is 13.1. The molecule has 0 saturated carbocycles. The summed E-state index contributed by atoms with van der Waals surface area (Å²) in [5.41, 5.74) is 0.799. The molecule has 4 heteroatoms. The van der Waals surface area contributed by atoms with Crippen molar-refractivity contribution >= 4 is 17.5 Å². The van der Waals surface area contributed by atoms with E-state index >= 15 is 0 Å². The molecule has 1 amide bonds. The highest BCUT2D eigenvalue weighted by Crippen LogP contribution is 2.35. The molecular weight excluding hydrogens is 272 g/mol. The van der Waals surface area contributed by atoms with Crippen LogP contribution in [0.3, 0.4) is 0 Å². The average molecular weight is 295 g/mol. The summed E-state index contributed by atoms with van der Waals surface area (Å²) in [6.07, 6.45) is 0.907. The third-order valence-electron chi connectivity index (χ3n) is 4.46. The minimum Gasteiger partial charge on any atom is -0.349 e. The standard InChI is InChI=1S/C16H23ClN2O/c1-11(2)16(8-9-18-10-16)15(20)19-12(3)13-4-6-14(17)7-5-13/h4-7,11-12,18H,8-10H2,1-3H3,(H,19,20). The van der Waals surface area contributed by atoms with E-state index in [1.807, 2.05) is 31.2 Å². The number of carbonyl (C=O) groups is 1. The molecule has 1 aromatic carbocycles. The second kappa shape index (κ2) is 6.15. The quantitative estimate of drug-likeness (QED) is 0.896. The predicted molar refractivity (Wildman–Crippen MR) is 82.8 cm³/mol. The Kier molecular flexibility index (Phi) is 4.71. The van der Waals surface area contributed by atoms with Gasteiger partial charge in [0.25, 0.3) is 0 Å². The number of halogens is 1. The van der Waals surface area contributed by atoms with Crippen LogP contribution in [0.1, 0.15) is 38.8 Å². The van der Waals surface area contributed by atoms with E-state index in [1.165, 1.54) is 0 Å². The summed E-state index contributed by atoms with van der Waals surface area (Å²) in [5.74, 6) is 0.481. The van der Waals surface area contributed by atoms with Crippen molar-refractivity contribution in [1.29, 1.82) is 0 Å². The van der Waals surface area contributed by atoms with E-state index in [-0.39, 0.29) is 17.4 Å². The minimum absolute atomic E-state index is 0.00371. The molecule has 1 fully saturated rings. The Morgan fingerprint density at radius 3 is 2.45 bits per heavy atom. The summed E-state index contributed by atoms with van der Waals surface area (Å²) in [7, 11) is 0. The molecule has 0 bridgehead atoms. The lowest BCUT2D eigenvalue weighted by Gasteiger charge is -2.32. The Bertz CT molecular complexity index is 464. The van der Waals surface area contributed by atoms with Crippen molar-refractivity contribution in [2.75, 3.05) is 13.1 Å². The first kappa shape index (κ1) is 15.3. The number of hydrogen-bond acceptors (Lipinski definition) is 2. The highest BCUT2D eigenvalue weighted by molar-refractivity contribution is 6.30. The normalized spacial score (nSPS) is 23.9. The van der Waals surface area contributed by atoms with E-state index in [0.717, 1.165) is 25.1 Å². The van der Waals surface area contributed by atoms with Gasteiger partial charge in [-0.05, 0) is 43.5 Å². The van der Waals surface area contributed by atoms with Gasteiger partial charge in [0.2, 0.25) is 5.91 Å². The number of amides is 1. The molecule has 2 atom stereocenters. The zero-order chi connectivity index (χ0) is 14.8. The van der Waals surface area contributed by atoms with Crippen LogP contribution in [0.2, 0.25) is 5.02 Å². The van der Waals surface area contributed by atoms with E-state index in [0.29, 0.717) is 10.9 Å². The first-order valence-electron chi connectivity index (χ1n) is 7.23. The van der Waals surface area contributed by atoms with Crippen LogP contribution >= 0.6 is 11.6 Å². The minimum atomic E-state index is -0.277. The number of hydrogen-bond donors (Lipinski definition) is 2. The van der Waals surface area contributed by atoms with Crippen molar-refractivity contribution in [2.24, 2.45) is 11.3 Å². The van der Waals surface area contributed by atoms with Crippen LogP contribution in [-0.4, -0.2) is 19.0 Å². The topological polar surface area (TPSA) is 41.1 Å². The molecule has 0 aromatic heterocycles. The first-order valence-corrected chi connectivity index (χ1v) is 7.60. The first-order chi connectivity index (χ1) is 9.45. The highest BCUT2D eigenvalue weighted by Gasteiger charge is 2.44. The van der Waals surface area contributed by atoms with Gasteiger partial charge in [-0.15, -0.1) is 0 Å². The summed E-state index contributed by atoms with van der Waals surface area (Å²) >= 11 is 5.89. The Morgan fingerprint density at radius 2 is 1.95 bits per heavy atom. The van der Waals surface area contributed by atoms with Crippen LogP contribution < -0.4 is 10.6 Å². The number of benzene rings is 1. The molecule has 1 aromatic rings. The summed E-state index contributed by atoms with van der Waals surface area (Å²) in [4.78, 5) is 12.7. The lowest BCUT2D eigenvalue weighted by Crippen LogP contribution is -2.46. The van der Waals surface area contributed by atoms with Crippen LogP contribution in [0.4, 0.5) is 0 Å². The maximum absolute atomic E-state index is 12.7. The SMILES string of the molecule is CC(NC(=O)C1(C(C)C)CCNC1)c1ccc(Cl)cc1. The van der Waals surface area contributed by atoms with Crippen LogP contribution in [-0.2, 0) is 4.79 Å². The molecule has 1 aliphatic heterocycles. The van der Waals surface area contributed by atoms with Crippen molar-refractivity contribution in [3.05, 3.63) is 34.9 Å². The van der Waals surface area contributed by atoms with Gasteiger partial charge in [0.15, 0.2) is 0 Å². The molecule has 3 nitrogen and oxygen atoms in total. The van der Waals surface area contributed by atoms with Crippen molar-refractivity contribution in [3.63, 3.8) is 0 Å². The number of rotatable bonds is 4. The molecule has 0 spiro atoms. The Hall–Kier alpha value is -1.06. The molecule has 110 valence electrons. The average Bonchev–Trinajstić information content (AvgIpc) is 2.90. The Balaban J connectivity index is 2.08. The summed E-state index contributed by atoms with van der Waals surface area (Å²) in [6.45, 7) is 7.95. The van der Waals surface area contributed by atoms with E-state index in [2.05, 4.69) is 24.5 Å². The van der Waals surface area contributed by atoms with E-state index in [4.69, 9.17) is 11.6 Å². The van der Waals surface area contributed by atoms with E-state index < -0.39 is 0 Å². The van der Waals surface area contributed by atoms with Gasteiger partial charge in [-0.1, -0.05) is 37.6 Å². The second-order valence-corrected chi connectivity index (χ2v) is 6.42. The van der Waals surface area contributed by atoms with Crippen LogP contribution in [0.5, 0.6) is 0 Å². The maximum Gasteiger partial charge on any atom is 0.228 e. The number of carbonyl (C=O) groups excluding carboxylic acids is 1. The monoisotopic (exact) mass is 294 g/mol. The number of nitrogens with one attached hydrogen (secondary N) is 2. The molecule has 1 heterocycles. The molecule has 0 aliphatic carbocycles. The molecule has 1 aliphatic rings. The van der Waals surface area contributed by atoms with Gasteiger partial charge in [0.1, 0.15) is 0 Å². The van der Waals surface area contributed by atoms with Gasteiger partial charge in [0.05, 0.1) is 11.5 Å². The van der Waals surface area contributed by atoms with Crippen LogP contribution in [0, 0.1) is 11.3 Å². The van der Waals surface area contributed by atoms with E-state index in [9.17, 15) is 4.79 Å². The largest absolute Gasteiger partial charge is 0.349 e. The molecule has 2 N–H and O–H groups in total. The van der Waals surface area contributed by atoms with Crippen LogP contribution in [0.25, 0.3) is 0 Å². The third-order valence-corrected chi connectivity index (χ3v) is 4.72. The smallest absolute Gasteiger partial charge is 0.228 e. The van der Waals surface area contributed by atoms with E-state index in [1.54, 1.807) is 0 Å². The van der Waals surface area contributed by atoms with Crippen LogP contribution in [0.15, 0.2) is 24.3 Å². The van der Waals surface area contributed by atoms with Gasteiger partial charge in [0, 0.05) is 11.6 Å². The summed E-state index contributed by atoms with van der Waals surface area (Å²) in [5, 5.41) is 7.19. The second-order valence-electron chi connectivity index (χ2n) is 5.98. The fourth-order valence-corrected chi connectivity index (χ4v) is 2.96. The molecule has 20 heavy (non-hydrogen) atoms. The molecule has 2 rings (SSSR count). The van der Waals surface area contributed by atoms with Crippen molar-refractivity contribution < 1.29 is 4.79 Å². The third kappa shape index (κ3) is 2.99. The molecule has 0 radical (unpaired) electrons. The Labute approximate surface area is 126 Å². The maximum atomic E-state index is 12.7. The molecular formula is C16H23ClN2O. The highest BCUT2D eigenvalue weighted by atomic mass is 35.5. The van der Waals surface area contributed by atoms with Gasteiger partial charge in [-0.25, -0.2) is 0 Å². The molecule has 2 unspecified atom stereocenters. The lowest BCUT2D eigenvalue weighted by atomic mass is 9.75. The van der Waals surface area contributed by atoms with Gasteiger partial charge in [-0.3, -0.25) is 4.79 Å². The predicted octanol–water partition coefficient (Wildman–Crippen LogP) is 3.15. The van der Waals surface area contributed by atoms with Gasteiger partial charge in [-0.2, -0.15) is 0 Å². The Morgan fingerprint density at radius 1 is 1.30 bits per heavy atom. The fourth-order valence-electron chi connectivity index (χ4n) is 2.84. The summed E-state index contributed by atoms with van der Waals surface area (Å²) < 4.78 is 0. The lowest BCUT2D eigenvalue weighted by molar-refractivity contribution is -0.133. The van der Waals surface area contributed by atoms with Crippen molar-refractivity contribution in [1.82, 2.24) is 10.6 Å².